The number of carbonyl (C=O) groups is 2. The molecule has 0 aliphatic heterocycles. The number of hydrogen-bond acceptors (Lipinski definition) is 4. The molecule has 1 radical (unpaired) electrons. The Kier molecular flexibility index (Phi) is 8.07. The molecule has 0 spiro atoms. The van der Waals surface area contributed by atoms with E-state index in [1.807, 2.05) is 104 Å². The quantitative estimate of drug-likeness (QED) is 0.0993. The van der Waals surface area contributed by atoms with Crippen LogP contribution in [-0.4, -0.2) is 16.8 Å². The first-order valence-corrected chi connectivity index (χ1v) is 14.4. The van der Waals surface area contributed by atoms with Gasteiger partial charge in [-0.3, -0.25) is 0 Å². The van der Waals surface area contributed by atoms with Crippen molar-refractivity contribution < 1.29 is 14.4 Å². The zero-order valence-electron chi connectivity index (χ0n) is 23.5. The second kappa shape index (κ2) is 12.4. The summed E-state index contributed by atoms with van der Waals surface area (Å²) in [6.07, 6.45) is 0. The number of ketones is 1. The maximum Gasteiger partial charge on any atom is 0.478 e. The van der Waals surface area contributed by atoms with E-state index in [1.54, 1.807) is 29.3 Å². The fraction of sp³-hybridized carbons (Fsp3) is 0.158. The molecule has 0 aromatic heterocycles. The highest BCUT2D eigenvalue weighted by molar-refractivity contribution is 6.02. The molecule has 0 saturated heterocycles. The molecule has 1 aliphatic rings. The van der Waals surface area contributed by atoms with E-state index in [2.05, 4.69) is 24.3 Å². The molecule has 0 amide bonds. The monoisotopic (exact) mass is 551 g/mol. The number of benzene rings is 5. The molecule has 0 unspecified atom stereocenters. The number of carbonyl (C=O) groups excluding carboxylic acids is 2. The van der Waals surface area contributed by atoms with Crippen molar-refractivity contribution in [2.24, 2.45) is 5.92 Å². The van der Waals surface area contributed by atoms with Crippen LogP contribution in [0.15, 0.2) is 146 Å². The fourth-order valence-corrected chi connectivity index (χ4v) is 5.85. The highest BCUT2D eigenvalue weighted by atomic mass is 16.7. The predicted molar refractivity (Wildman–Crippen MR) is 165 cm³/mol. The lowest BCUT2D eigenvalue weighted by molar-refractivity contribution is -0.143. The van der Waals surface area contributed by atoms with Crippen molar-refractivity contribution >= 4 is 11.8 Å². The maximum atomic E-state index is 13.8. The summed E-state index contributed by atoms with van der Waals surface area (Å²) in [6.45, 7) is 2.47. The lowest BCUT2D eigenvalue weighted by Gasteiger charge is -2.28. The van der Waals surface area contributed by atoms with Gasteiger partial charge in [0.15, 0.2) is 0 Å². The number of rotatable bonds is 10. The molecule has 6 rings (SSSR count). The summed E-state index contributed by atoms with van der Waals surface area (Å²) in [6, 6.07) is 47.2. The van der Waals surface area contributed by atoms with Crippen molar-refractivity contribution in [3.8, 4) is 0 Å². The molecular formula is C38H33NO3+. The van der Waals surface area contributed by atoms with Gasteiger partial charge in [-0.25, -0.2) is 4.79 Å². The largest absolute Gasteiger partial charge is 0.478 e. The van der Waals surface area contributed by atoms with Crippen molar-refractivity contribution in [2.45, 2.75) is 31.3 Å². The third kappa shape index (κ3) is 5.95. The molecule has 3 atom stereocenters. The van der Waals surface area contributed by atoms with Crippen LogP contribution in [0.4, 0.5) is 0 Å². The highest BCUT2D eigenvalue weighted by Gasteiger charge is 2.61. The topological polar surface area (TPSA) is 49.4 Å². The number of hydrogen-bond donors (Lipinski definition) is 0. The third-order valence-corrected chi connectivity index (χ3v) is 8.19. The highest BCUT2D eigenvalue weighted by Crippen LogP contribution is 2.61. The maximum absolute atomic E-state index is 13.8. The van der Waals surface area contributed by atoms with Crippen LogP contribution in [0, 0.1) is 5.92 Å². The molecule has 1 aliphatic carbocycles. The summed E-state index contributed by atoms with van der Waals surface area (Å²) in [5, 5.41) is 1.71. The molecule has 1 fully saturated rings. The van der Waals surface area contributed by atoms with E-state index in [0.29, 0.717) is 17.7 Å². The first kappa shape index (κ1) is 27.4. The van der Waals surface area contributed by atoms with Gasteiger partial charge in [0.05, 0.1) is 23.7 Å². The molecule has 4 nitrogen and oxygen atoms in total. The van der Waals surface area contributed by atoms with Gasteiger partial charge in [0.25, 0.3) is 0 Å². The predicted octanol–water partition coefficient (Wildman–Crippen LogP) is 8.40. The van der Waals surface area contributed by atoms with Crippen molar-refractivity contribution in [3.63, 3.8) is 0 Å². The van der Waals surface area contributed by atoms with E-state index in [9.17, 15) is 9.59 Å². The average Bonchev–Trinajstić information content (AvgIpc) is 3.81. The van der Waals surface area contributed by atoms with Crippen LogP contribution in [0.5, 0.6) is 0 Å². The van der Waals surface area contributed by atoms with Gasteiger partial charge in [0, 0.05) is 11.8 Å². The van der Waals surface area contributed by atoms with Crippen LogP contribution in [0.25, 0.3) is 0 Å². The van der Waals surface area contributed by atoms with Gasteiger partial charge >= 0.3 is 11.8 Å². The van der Waals surface area contributed by atoms with Crippen molar-refractivity contribution in [2.75, 3.05) is 0 Å². The summed E-state index contributed by atoms with van der Waals surface area (Å²) in [5.74, 6) is -0.223. The van der Waals surface area contributed by atoms with E-state index in [-0.39, 0.29) is 29.6 Å². The van der Waals surface area contributed by atoms with E-state index in [1.165, 1.54) is 11.1 Å². The normalized spacial score (nSPS) is 18.3. The summed E-state index contributed by atoms with van der Waals surface area (Å²) >= 11 is 0. The van der Waals surface area contributed by atoms with Gasteiger partial charge in [-0.15, -0.1) is 5.06 Å². The van der Waals surface area contributed by atoms with Gasteiger partial charge in [-0.1, -0.05) is 121 Å². The van der Waals surface area contributed by atoms with Crippen molar-refractivity contribution in [1.29, 1.82) is 0 Å². The van der Waals surface area contributed by atoms with E-state index in [4.69, 9.17) is 4.84 Å². The van der Waals surface area contributed by atoms with Gasteiger partial charge in [-0.05, 0) is 53.4 Å². The number of nitrogens with zero attached hydrogens (tertiary/aromatic N) is 1. The lowest BCUT2D eigenvalue weighted by atomic mass is 10.0. The first-order valence-electron chi connectivity index (χ1n) is 14.4. The van der Waals surface area contributed by atoms with Crippen molar-refractivity contribution in [3.05, 3.63) is 179 Å². The Morgan fingerprint density at radius 1 is 0.667 bits per heavy atom. The van der Waals surface area contributed by atoms with E-state index >= 15 is 0 Å². The smallest absolute Gasteiger partial charge is 0.363 e. The van der Waals surface area contributed by atoms with Crippen molar-refractivity contribution in [1.82, 2.24) is 5.06 Å². The Morgan fingerprint density at radius 2 is 1.12 bits per heavy atom. The van der Waals surface area contributed by atoms with Crippen LogP contribution in [0.2, 0.25) is 0 Å². The molecule has 5 aromatic carbocycles. The minimum Gasteiger partial charge on any atom is -0.363 e. The molecule has 5 aromatic rings. The summed E-state index contributed by atoms with van der Waals surface area (Å²) in [5.41, 5.74) is 5.45. The molecule has 4 heteroatoms. The van der Waals surface area contributed by atoms with Crippen LogP contribution < -0.4 is 0 Å². The van der Waals surface area contributed by atoms with Gasteiger partial charge < -0.3 is 4.84 Å². The van der Waals surface area contributed by atoms with E-state index in [0.717, 1.165) is 11.1 Å². The van der Waals surface area contributed by atoms with Crippen LogP contribution in [-0.2, 0) is 11.4 Å². The molecule has 0 heterocycles. The summed E-state index contributed by atoms with van der Waals surface area (Å²) in [7, 11) is 0. The third-order valence-electron chi connectivity index (χ3n) is 8.19. The number of Topliss-reactive ketones (excluding diaryl/α,β-unsaturated/α-hetero) is 1. The Morgan fingerprint density at radius 3 is 1.64 bits per heavy atom. The van der Waals surface area contributed by atoms with E-state index < -0.39 is 5.97 Å². The number of hydroxylamine groups is 2. The fourth-order valence-electron chi connectivity index (χ4n) is 5.85. The summed E-state index contributed by atoms with van der Waals surface area (Å²) in [4.78, 5) is 33.1. The molecule has 1 saturated carbocycles. The minimum atomic E-state index is -0.455. The Labute approximate surface area is 247 Å². The van der Waals surface area contributed by atoms with Crippen LogP contribution in [0.3, 0.4) is 0 Å². The molecule has 0 N–H and O–H groups in total. The zero-order valence-corrected chi connectivity index (χ0v) is 23.5. The van der Waals surface area contributed by atoms with Gasteiger partial charge in [0.1, 0.15) is 5.92 Å². The first-order chi connectivity index (χ1) is 20.6. The van der Waals surface area contributed by atoms with Gasteiger partial charge in [0.2, 0.25) is 4.79 Å². The van der Waals surface area contributed by atoms with Crippen LogP contribution in [0.1, 0.15) is 67.8 Å². The second-order valence-corrected chi connectivity index (χ2v) is 10.9. The Bertz CT molecular complexity index is 1580. The average molecular weight is 552 g/mol. The molecule has 42 heavy (non-hydrogen) atoms. The van der Waals surface area contributed by atoms with Gasteiger partial charge in [-0.2, -0.15) is 0 Å². The molecule has 0 bridgehead atoms. The van der Waals surface area contributed by atoms with Crippen LogP contribution >= 0.6 is 0 Å². The zero-order chi connectivity index (χ0) is 28.9. The molecule has 207 valence electrons. The Hall–Kier alpha value is -4.80. The summed E-state index contributed by atoms with van der Waals surface area (Å²) < 4.78 is 0. The SMILES string of the molecule is C[C@H](c1ccccc1)N(Cc1ccccc1)OC(=O)c1ccc(C(=[O+])C2[C@H](c3ccccc3)[C@H]2c2ccccc2)cc1. The lowest BCUT2D eigenvalue weighted by Crippen LogP contribution is -2.30. The second-order valence-electron chi connectivity index (χ2n) is 10.9. The molecular weight excluding hydrogens is 518 g/mol. The standard InChI is InChI=1S/C38H33NO3/c1-27(29-16-8-3-9-17-29)39(26-28-14-6-2-7-15-28)42-38(41)33-24-22-32(23-25-33)37(40)36-34(30-18-10-4-11-19-30)35(36)31-20-12-5-13-21-31/h2-25,27,34-36H,26H2,1H3/q+1/t27-,34-,35-/m1/s1. The Balaban J connectivity index is 1.19. The minimum absolute atomic E-state index is 0.0982.